The second kappa shape index (κ2) is 3.77. The van der Waals surface area contributed by atoms with E-state index in [1.807, 2.05) is 0 Å². The number of ether oxygens (including phenoxy) is 1. The van der Waals surface area contributed by atoms with Crippen LogP contribution >= 0.6 is 0 Å². The molecule has 3 heterocycles. The zero-order valence-electron chi connectivity index (χ0n) is 8.67. The molecule has 0 N–H and O–H groups in total. The standard InChI is InChI=1S/C11H15N3O/c1-2-11(14-6-3-9(1)8-14)15-10-7-12-4-5-13-10/h4-5,7,9,11H,1-3,6,8H2. The summed E-state index contributed by atoms with van der Waals surface area (Å²) < 4.78 is 5.84. The normalized spacial score (nSPS) is 34.0. The van der Waals surface area contributed by atoms with E-state index < -0.39 is 0 Å². The lowest BCUT2D eigenvalue weighted by Gasteiger charge is -2.31. The van der Waals surface area contributed by atoms with Crippen LogP contribution in [-0.2, 0) is 0 Å². The van der Waals surface area contributed by atoms with Crippen LogP contribution in [-0.4, -0.2) is 34.2 Å². The van der Waals surface area contributed by atoms with Gasteiger partial charge in [0.1, 0.15) is 0 Å². The second-order valence-electron chi connectivity index (χ2n) is 4.34. The average Bonchev–Trinajstić information content (AvgIpc) is 2.67. The third-order valence-corrected chi connectivity index (χ3v) is 3.34. The van der Waals surface area contributed by atoms with Gasteiger partial charge < -0.3 is 4.74 Å². The van der Waals surface area contributed by atoms with Crippen molar-refractivity contribution >= 4 is 0 Å². The van der Waals surface area contributed by atoms with Crippen LogP contribution in [0.3, 0.4) is 0 Å². The molecular weight excluding hydrogens is 190 g/mol. The molecule has 3 rings (SSSR count). The van der Waals surface area contributed by atoms with Gasteiger partial charge in [-0.2, -0.15) is 0 Å². The molecule has 15 heavy (non-hydrogen) atoms. The Hall–Kier alpha value is -1.16. The number of fused-ring (bicyclic) bond motifs is 2. The Morgan fingerprint density at radius 1 is 1.27 bits per heavy atom. The number of rotatable bonds is 2. The van der Waals surface area contributed by atoms with Crippen molar-refractivity contribution in [3.05, 3.63) is 18.6 Å². The van der Waals surface area contributed by atoms with Crippen molar-refractivity contribution in [1.82, 2.24) is 14.9 Å². The SMILES string of the molecule is c1cnc(OC2CCC3CCN2C3)cn1. The minimum absolute atomic E-state index is 0.223. The first kappa shape index (κ1) is 9.09. The highest BCUT2D eigenvalue weighted by atomic mass is 16.5. The molecule has 1 aromatic heterocycles. The Morgan fingerprint density at radius 2 is 2.27 bits per heavy atom. The first-order valence-corrected chi connectivity index (χ1v) is 5.58. The molecule has 2 saturated heterocycles. The van der Waals surface area contributed by atoms with Crippen molar-refractivity contribution in [3.8, 4) is 5.88 Å². The molecule has 0 amide bonds. The number of piperidine rings is 1. The highest BCUT2D eigenvalue weighted by Gasteiger charge is 2.34. The quantitative estimate of drug-likeness (QED) is 0.729. The minimum atomic E-state index is 0.223. The lowest BCUT2D eigenvalue weighted by Crippen LogP contribution is -2.41. The summed E-state index contributed by atoms with van der Waals surface area (Å²) in [6.45, 7) is 2.38. The average molecular weight is 205 g/mol. The van der Waals surface area contributed by atoms with E-state index in [4.69, 9.17) is 4.74 Å². The monoisotopic (exact) mass is 205 g/mol. The number of aromatic nitrogens is 2. The van der Waals surface area contributed by atoms with Crippen LogP contribution in [0.15, 0.2) is 18.6 Å². The highest BCUT2D eigenvalue weighted by Crippen LogP contribution is 2.31. The van der Waals surface area contributed by atoms with Gasteiger partial charge in [-0.05, 0) is 25.2 Å². The molecule has 2 fully saturated rings. The van der Waals surface area contributed by atoms with Gasteiger partial charge in [-0.15, -0.1) is 0 Å². The van der Waals surface area contributed by atoms with Gasteiger partial charge in [0, 0.05) is 25.5 Å². The summed E-state index contributed by atoms with van der Waals surface area (Å²) in [7, 11) is 0. The van der Waals surface area contributed by atoms with Crippen molar-refractivity contribution in [1.29, 1.82) is 0 Å². The largest absolute Gasteiger partial charge is 0.457 e. The third kappa shape index (κ3) is 1.81. The van der Waals surface area contributed by atoms with Gasteiger partial charge >= 0.3 is 0 Å². The van der Waals surface area contributed by atoms with Gasteiger partial charge in [0.05, 0.1) is 6.20 Å². The topological polar surface area (TPSA) is 38.2 Å². The van der Waals surface area contributed by atoms with Gasteiger partial charge in [0.15, 0.2) is 6.23 Å². The smallest absolute Gasteiger partial charge is 0.233 e. The summed E-state index contributed by atoms with van der Waals surface area (Å²) in [6.07, 6.45) is 9.00. The highest BCUT2D eigenvalue weighted by molar-refractivity contribution is 5.02. The van der Waals surface area contributed by atoms with Gasteiger partial charge in [-0.3, -0.25) is 9.88 Å². The van der Waals surface area contributed by atoms with E-state index in [1.165, 1.54) is 25.9 Å². The van der Waals surface area contributed by atoms with Crippen LogP contribution in [0.2, 0.25) is 0 Å². The van der Waals surface area contributed by atoms with Crippen LogP contribution in [0.25, 0.3) is 0 Å². The first-order valence-electron chi connectivity index (χ1n) is 5.58. The van der Waals surface area contributed by atoms with Crippen molar-refractivity contribution in [2.45, 2.75) is 25.5 Å². The van der Waals surface area contributed by atoms with Crippen LogP contribution < -0.4 is 4.74 Å². The summed E-state index contributed by atoms with van der Waals surface area (Å²) in [5, 5.41) is 0. The van der Waals surface area contributed by atoms with Crippen molar-refractivity contribution in [2.24, 2.45) is 5.92 Å². The lowest BCUT2D eigenvalue weighted by molar-refractivity contribution is 0.00954. The van der Waals surface area contributed by atoms with Crippen molar-refractivity contribution < 1.29 is 4.74 Å². The molecule has 2 bridgehead atoms. The second-order valence-corrected chi connectivity index (χ2v) is 4.34. The van der Waals surface area contributed by atoms with Crippen LogP contribution in [0.5, 0.6) is 5.88 Å². The molecular formula is C11H15N3O. The van der Waals surface area contributed by atoms with E-state index >= 15 is 0 Å². The first-order chi connectivity index (χ1) is 7.42. The molecule has 3 unspecified atom stereocenters. The maximum Gasteiger partial charge on any atom is 0.233 e. The van der Waals surface area contributed by atoms with Crippen molar-refractivity contribution in [3.63, 3.8) is 0 Å². The van der Waals surface area contributed by atoms with Crippen molar-refractivity contribution in [2.75, 3.05) is 13.1 Å². The Balaban J connectivity index is 1.68. The molecule has 2 aliphatic heterocycles. The molecule has 0 aromatic carbocycles. The minimum Gasteiger partial charge on any atom is -0.457 e. The zero-order valence-corrected chi connectivity index (χ0v) is 8.67. The molecule has 4 heteroatoms. The van der Waals surface area contributed by atoms with E-state index in [0.717, 1.165) is 12.3 Å². The maximum absolute atomic E-state index is 5.84. The van der Waals surface area contributed by atoms with Crippen LogP contribution in [0, 0.1) is 5.92 Å². The fourth-order valence-corrected chi connectivity index (χ4v) is 2.54. The van der Waals surface area contributed by atoms with Gasteiger partial charge in [0.25, 0.3) is 0 Å². The fourth-order valence-electron chi connectivity index (χ4n) is 2.54. The zero-order chi connectivity index (χ0) is 10.1. The van der Waals surface area contributed by atoms with E-state index in [2.05, 4.69) is 14.9 Å². The number of hydrogen-bond acceptors (Lipinski definition) is 4. The number of hydrogen-bond donors (Lipinski definition) is 0. The van der Waals surface area contributed by atoms with Gasteiger partial charge in [-0.25, -0.2) is 4.98 Å². The van der Waals surface area contributed by atoms with E-state index in [1.54, 1.807) is 18.6 Å². The molecule has 80 valence electrons. The molecule has 2 aliphatic rings. The molecule has 0 saturated carbocycles. The van der Waals surface area contributed by atoms with Crippen LogP contribution in [0.1, 0.15) is 19.3 Å². The summed E-state index contributed by atoms with van der Waals surface area (Å²) in [5.41, 5.74) is 0. The summed E-state index contributed by atoms with van der Waals surface area (Å²) in [4.78, 5) is 10.6. The summed E-state index contributed by atoms with van der Waals surface area (Å²) in [5.74, 6) is 1.56. The van der Waals surface area contributed by atoms with E-state index in [-0.39, 0.29) is 6.23 Å². The molecule has 0 aliphatic carbocycles. The van der Waals surface area contributed by atoms with Gasteiger partial charge in [-0.1, -0.05) is 0 Å². The van der Waals surface area contributed by atoms with E-state index in [0.29, 0.717) is 5.88 Å². The molecule has 0 spiro atoms. The third-order valence-electron chi connectivity index (χ3n) is 3.34. The molecule has 4 nitrogen and oxygen atoms in total. The summed E-state index contributed by atoms with van der Waals surface area (Å²) >= 11 is 0. The Morgan fingerprint density at radius 3 is 3.13 bits per heavy atom. The number of nitrogens with zero attached hydrogens (tertiary/aromatic N) is 3. The lowest BCUT2D eigenvalue weighted by atomic mass is 10.0. The van der Waals surface area contributed by atoms with Gasteiger partial charge in [0.2, 0.25) is 5.88 Å². The van der Waals surface area contributed by atoms with E-state index in [9.17, 15) is 0 Å². The predicted molar refractivity (Wildman–Crippen MR) is 55.4 cm³/mol. The molecule has 0 radical (unpaired) electrons. The Bertz CT molecular complexity index is 330. The Labute approximate surface area is 89.3 Å². The maximum atomic E-state index is 5.84. The predicted octanol–water partition coefficient (Wildman–Crippen LogP) is 1.30. The van der Waals surface area contributed by atoms with Crippen LogP contribution in [0.4, 0.5) is 0 Å². The fraction of sp³-hybridized carbons (Fsp3) is 0.636. The molecule has 3 atom stereocenters. The Kier molecular flexibility index (Phi) is 2.29. The summed E-state index contributed by atoms with van der Waals surface area (Å²) in [6, 6.07) is 0. The molecule has 1 aromatic rings.